The predicted molar refractivity (Wildman–Crippen MR) is 99.4 cm³/mol. The van der Waals surface area contributed by atoms with Gasteiger partial charge in [-0.25, -0.2) is 4.98 Å². The molecular weight excluding hydrogens is 352 g/mol. The number of amides is 1. The van der Waals surface area contributed by atoms with Crippen LogP contribution in [0.2, 0.25) is 5.02 Å². The molecule has 4 rings (SSSR count). The maximum absolute atomic E-state index is 13.1. The number of nitrogens with zero attached hydrogens (tertiary/aromatic N) is 2. The lowest BCUT2D eigenvalue weighted by Gasteiger charge is -2.22. The number of carbonyl (C=O) groups is 1. The first-order chi connectivity index (χ1) is 12.7. The van der Waals surface area contributed by atoms with E-state index in [2.05, 4.69) is 4.98 Å². The topological polar surface area (TPSA) is 51.7 Å². The van der Waals surface area contributed by atoms with Crippen molar-refractivity contribution >= 4 is 23.2 Å². The molecule has 0 spiro atoms. The third-order valence-electron chi connectivity index (χ3n) is 3.99. The number of benzene rings is 2. The molecule has 0 saturated heterocycles. The van der Waals surface area contributed by atoms with Crippen molar-refractivity contribution in [2.45, 2.75) is 0 Å². The molecule has 0 atom stereocenters. The number of para-hydroxylation sites is 1. The van der Waals surface area contributed by atoms with Gasteiger partial charge in [0.05, 0.1) is 12.2 Å². The molecular formula is C20H15ClN2O3. The SMILES string of the molecule is O=C1c2cccnc2Oc2ccc(Cl)cc2N1CCOc1ccccc1. The van der Waals surface area contributed by atoms with Crippen molar-refractivity contribution in [2.75, 3.05) is 18.1 Å². The smallest absolute Gasteiger partial charge is 0.264 e. The van der Waals surface area contributed by atoms with Gasteiger partial charge in [0.2, 0.25) is 5.88 Å². The van der Waals surface area contributed by atoms with Crippen molar-refractivity contribution in [1.29, 1.82) is 0 Å². The van der Waals surface area contributed by atoms with Gasteiger partial charge in [-0.05, 0) is 42.5 Å². The normalized spacial score (nSPS) is 12.7. The third kappa shape index (κ3) is 3.21. The van der Waals surface area contributed by atoms with Gasteiger partial charge in [0, 0.05) is 11.2 Å². The van der Waals surface area contributed by atoms with Crippen LogP contribution in [0.5, 0.6) is 17.4 Å². The number of ether oxygens (including phenoxy) is 2. The molecule has 1 amide bonds. The maximum Gasteiger partial charge on any atom is 0.264 e. The molecule has 5 nitrogen and oxygen atoms in total. The molecule has 0 bridgehead atoms. The molecule has 1 aliphatic heterocycles. The fourth-order valence-electron chi connectivity index (χ4n) is 2.78. The Morgan fingerprint density at radius 3 is 2.77 bits per heavy atom. The van der Waals surface area contributed by atoms with Gasteiger partial charge in [-0.3, -0.25) is 4.79 Å². The molecule has 0 saturated carbocycles. The van der Waals surface area contributed by atoms with Crippen LogP contribution in [-0.2, 0) is 0 Å². The number of fused-ring (bicyclic) bond motifs is 2. The van der Waals surface area contributed by atoms with Crippen molar-refractivity contribution in [3.05, 3.63) is 77.4 Å². The Morgan fingerprint density at radius 1 is 1.08 bits per heavy atom. The van der Waals surface area contributed by atoms with E-state index in [0.717, 1.165) is 5.75 Å². The third-order valence-corrected chi connectivity index (χ3v) is 4.23. The second-order valence-corrected chi connectivity index (χ2v) is 6.12. The van der Waals surface area contributed by atoms with Gasteiger partial charge in [-0.2, -0.15) is 0 Å². The average molecular weight is 367 g/mol. The van der Waals surface area contributed by atoms with Crippen molar-refractivity contribution in [1.82, 2.24) is 4.98 Å². The van der Waals surface area contributed by atoms with Crippen LogP contribution in [0.15, 0.2) is 66.9 Å². The summed E-state index contributed by atoms with van der Waals surface area (Å²) in [4.78, 5) is 18.8. The summed E-state index contributed by atoms with van der Waals surface area (Å²) in [5.74, 6) is 1.36. The van der Waals surface area contributed by atoms with Gasteiger partial charge >= 0.3 is 0 Å². The molecule has 6 heteroatoms. The minimum absolute atomic E-state index is 0.203. The standard InChI is InChI=1S/C20H15ClN2O3/c21-14-8-9-18-17(13-14)23(11-12-25-15-5-2-1-3-6-15)20(24)16-7-4-10-22-19(16)26-18/h1-10,13H,11-12H2. The first-order valence-corrected chi connectivity index (χ1v) is 8.52. The Morgan fingerprint density at radius 2 is 1.92 bits per heavy atom. The maximum atomic E-state index is 13.1. The lowest BCUT2D eigenvalue weighted by molar-refractivity contribution is 0.0982. The van der Waals surface area contributed by atoms with Crippen LogP contribution in [0.1, 0.15) is 10.4 Å². The van der Waals surface area contributed by atoms with E-state index in [4.69, 9.17) is 21.1 Å². The summed E-state index contributed by atoms with van der Waals surface area (Å²) in [5, 5.41) is 0.521. The number of aromatic nitrogens is 1. The van der Waals surface area contributed by atoms with E-state index in [1.807, 2.05) is 30.3 Å². The highest BCUT2D eigenvalue weighted by atomic mass is 35.5. The lowest BCUT2D eigenvalue weighted by Crippen LogP contribution is -2.34. The molecule has 2 aromatic carbocycles. The zero-order chi connectivity index (χ0) is 17.9. The van der Waals surface area contributed by atoms with E-state index in [-0.39, 0.29) is 11.8 Å². The van der Waals surface area contributed by atoms with E-state index >= 15 is 0 Å². The second kappa shape index (κ2) is 7.06. The zero-order valence-electron chi connectivity index (χ0n) is 13.8. The van der Waals surface area contributed by atoms with Crippen LogP contribution in [0.25, 0.3) is 0 Å². The van der Waals surface area contributed by atoms with Gasteiger partial charge in [-0.15, -0.1) is 0 Å². The van der Waals surface area contributed by atoms with Gasteiger partial charge in [0.15, 0.2) is 5.75 Å². The molecule has 0 aliphatic carbocycles. The zero-order valence-corrected chi connectivity index (χ0v) is 14.5. The predicted octanol–water partition coefficient (Wildman–Crippen LogP) is 4.57. The van der Waals surface area contributed by atoms with Crippen LogP contribution in [0.4, 0.5) is 5.69 Å². The van der Waals surface area contributed by atoms with Crippen LogP contribution < -0.4 is 14.4 Å². The summed E-state index contributed by atoms with van der Waals surface area (Å²) >= 11 is 6.14. The summed E-state index contributed by atoms with van der Waals surface area (Å²) in [6.07, 6.45) is 1.59. The fourth-order valence-corrected chi connectivity index (χ4v) is 2.94. The number of hydrogen-bond acceptors (Lipinski definition) is 4. The quantitative estimate of drug-likeness (QED) is 0.678. The van der Waals surface area contributed by atoms with Gasteiger partial charge in [0.25, 0.3) is 5.91 Å². The number of anilines is 1. The summed E-state index contributed by atoms with van der Waals surface area (Å²) in [6, 6.07) is 18.0. The number of carbonyl (C=O) groups excluding carboxylic acids is 1. The summed E-state index contributed by atoms with van der Waals surface area (Å²) in [5.41, 5.74) is 0.997. The number of rotatable bonds is 4. The Bertz CT molecular complexity index is 947. The molecule has 1 aliphatic rings. The fraction of sp³-hybridized carbons (Fsp3) is 0.100. The molecule has 1 aromatic heterocycles. The summed E-state index contributed by atoms with van der Waals surface area (Å²) in [7, 11) is 0. The lowest BCUT2D eigenvalue weighted by atomic mass is 10.2. The van der Waals surface area contributed by atoms with E-state index in [9.17, 15) is 4.79 Å². The molecule has 0 radical (unpaired) electrons. The van der Waals surface area contributed by atoms with Crippen LogP contribution in [0.3, 0.4) is 0 Å². The summed E-state index contributed by atoms with van der Waals surface area (Å²) in [6.45, 7) is 0.677. The van der Waals surface area contributed by atoms with Gasteiger partial charge in [0.1, 0.15) is 17.9 Å². The number of halogens is 1. The van der Waals surface area contributed by atoms with Crippen molar-refractivity contribution in [2.24, 2.45) is 0 Å². The van der Waals surface area contributed by atoms with Gasteiger partial charge in [-0.1, -0.05) is 29.8 Å². The van der Waals surface area contributed by atoms with Gasteiger partial charge < -0.3 is 14.4 Å². The van der Waals surface area contributed by atoms with E-state index < -0.39 is 0 Å². The van der Waals surface area contributed by atoms with E-state index in [1.165, 1.54) is 0 Å². The second-order valence-electron chi connectivity index (χ2n) is 5.69. The molecule has 3 aromatic rings. The van der Waals surface area contributed by atoms with Crippen molar-refractivity contribution in [3.8, 4) is 17.4 Å². The molecule has 130 valence electrons. The minimum Gasteiger partial charge on any atom is -0.492 e. The first kappa shape index (κ1) is 16.4. The van der Waals surface area contributed by atoms with Crippen molar-refractivity contribution in [3.63, 3.8) is 0 Å². The molecule has 26 heavy (non-hydrogen) atoms. The largest absolute Gasteiger partial charge is 0.492 e. The highest BCUT2D eigenvalue weighted by molar-refractivity contribution is 6.31. The Labute approximate surface area is 155 Å². The Kier molecular flexibility index (Phi) is 4.46. The monoisotopic (exact) mass is 366 g/mol. The first-order valence-electron chi connectivity index (χ1n) is 8.14. The van der Waals surface area contributed by atoms with Crippen LogP contribution >= 0.6 is 11.6 Å². The molecule has 0 unspecified atom stereocenters. The van der Waals surface area contributed by atoms with Crippen LogP contribution in [0, 0.1) is 0 Å². The summed E-state index contributed by atoms with van der Waals surface area (Å²) < 4.78 is 11.6. The average Bonchev–Trinajstić information content (AvgIpc) is 2.78. The molecule has 0 N–H and O–H groups in total. The van der Waals surface area contributed by atoms with Crippen LogP contribution in [-0.4, -0.2) is 24.0 Å². The molecule has 2 heterocycles. The molecule has 0 fully saturated rings. The van der Waals surface area contributed by atoms with Crippen molar-refractivity contribution < 1.29 is 14.3 Å². The van der Waals surface area contributed by atoms with E-state index in [0.29, 0.717) is 35.2 Å². The minimum atomic E-state index is -0.203. The number of hydrogen-bond donors (Lipinski definition) is 0. The van der Waals surface area contributed by atoms with E-state index in [1.54, 1.807) is 41.4 Å². The number of pyridine rings is 1. The Balaban J connectivity index is 1.65. The highest BCUT2D eigenvalue weighted by Gasteiger charge is 2.29. The highest BCUT2D eigenvalue weighted by Crippen LogP contribution is 2.39. The Hall–Kier alpha value is -3.05.